The summed E-state index contributed by atoms with van der Waals surface area (Å²) in [5.41, 5.74) is 6.45. The van der Waals surface area contributed by atoms with Crippen molar-refractivity contribution in [3.63, 3.8) is 0 Å². The lowest BCUT2D eigenvalue weighted by Crippen LogP contribution is -2.25. The second-order valence-electron chi connectivity index (χ2n) is 9.80. The van der Waals surface area contributed by atoms with Gasteiger partial charge in [0.25, 0.3) is 0 Å². The van der Waals surface area contributed by atoms with E-state index in [2.05, 4.69) is 41.1 Å². The van der Waals surface area contributed by atoms with E-state index in [1.807, 2.05) is 30.3 Å². The molecule has 194 valence electrons. The second kappa shape index (κ2) is 9.92. The number of nitrogens with one attached hydrogen (secondary N) is 2. The number of hydrogen-bond acceptors (Lipinski definition) is 6. The Kier molecular flexibility index (Phi) is 5.97. The first-order chi connectivity index (χ1) is 19.2. The molecule has 1 aliphatic heterocycles. The minimum Gasteiger partial charge on any atom is -0.492 e. The number of halogens is 1. The SMILES string of the molecule is Fc1cc(OCCN2CCCC2)cc(-c2cccc3[nH]c(-c4n[nH]c5cnc(-c6cnccn6)cc45)cc23)c1. The van der Waals surface area contributed by atoms with Crippen LogP contribution in [0.5, 0.6) is 5.75 Å². The first kappa shape index (κ1) is 23.5. The fourth-order valence-corrected chi connectivity index (χ4v) is 5.33. The number of H-pyrrole nitrogens is 2. The normalized spacial score (nSPS) is 14.0. The van der Waals surface area contributed by atoms with Crippen LogP contribution in [0.25, 0.3) is 55.7 Å². The van der Waals surface area contributed by atoms with E-state index in [1.54, 1.807) is 30.9 Å². The number of hydrogen-bond donors (Lipinski definition) is 2. The van der Waals surface area contributed by atoms with Gasteiger partial charge in [0, 0.05) is 41.3 Å². The van der Waals surface area contributed by atoms with Crippen molar-refractivity contribution >= 4 is 21.8 Å². The maximum Gasteiger partial charge on any atom is 0.127 e. The molecule has 2 aromatic carbocycles. The van der Waals surface area contributed by atoms with E-state index >= 15 is 0 Å². The largest absolute Gasteiger partial charge is 0.492 e. The summed E-state index contributed by atoms with van der Waals surface area (Å²) in [5, 5.41) is 9.54. The van der Waals surface area contributed by atoms with Gasteiger partial charge in [0.05, 0.1) is 29.3 Å². The fraction of sp³-hybridized carbons (Fsp3) is 0.200. The van der Waals surface area contributed by atoms with Gasteiger partial charge in [-0.05, 0) is 67.4 Å². The molecular formula is C30H26FN7O. The van der Waals surface area contributed by atoms with E-state index in [0.717, 1.165) is 64.0 Å². The fourth-order valence-electron chi connectivity index (χ4n) is 5.33. The van der Waals surface area contributed by atoms with Gasteiger partial charge in [-0.2, -0.15) is 5.10 Å². The number of aromatic nitrogens is 6. The number of fused-ring (bicyclic) bond motifs is 2. The molecule has 7 rings (SSSR count). The lowest BCUT2D eigenvalue weighted by molar-refractivity contribution is 0.237. The lowest BCUT2D eigenvalue weighted by atomic mass is 10.0. The molecule has 0 bridgehead atoms. The van der Waals surface area contributed by atoms with Crippen LogP contribution in [-0.2, 0) is 0 Å². The molecule has 0 saturated carbocycles. The first-order valence-electron chi connectivity index (χ1n) is 13.1. The van der Waals surface area contributed by atoms with Gasteiger partial charge >= 0.3 is 0 Å². The van der Waals surface area contributed by atoms with Gasteiger partial charge in [0.15, 0.2) is 0 Å². The van der Waals surface area contributed by atoms with Crippen LogP contribution in [0.2, 0.25) is 0 Å². The highest BCUT2D eigenvalue weighted by atomic mass is 19.1. The summed E-state index contributed by atoms with van der Waals surface area (Å²) < 4.78 is 20.7. The lowest BCUT2D eigenvalue weighted by Gasteiger charge is -2.15. The highest BCUT2D eigenvalue weighted by Gasteiger charge is 2.16. The van der Waals surface area contributed by atoms with Gasteiger partial charge in [-0.1, -0.05) is 12.1 Å². The molecule has 4 aromatic heterocycles. The standard InChI is InChI=1S/C30H26FN7O/c31-20-12-19(13-21(14-20)39-11-10-38-8-1-2-9-38)22-4-3-5-25-23(22)15-27(35-25)30-24-16-26(29-17-32-6-7-33-29)34-18-28(24)36-37-30/h3-7,12-18,35H,1-2,8-11H2,(H,36,37). The number of aromatic amines is 2. The summed E-state index contributed by atoms with van der Waals surface area (Å²) in [6.45, 7) is 3.62. The van der Waals surface area contributed by atoms with Crippen LogP contribution in [0.3, 0.4) is 0 Å². The molecule has 0 aliphatic carbocycles. The van der Waals surface area contributed by atoms with Crippen LogP contribution < -0.4 is 4.74 Å². The molecule has 0 spiro atoms. The van der Waals surface area contributed by atoms with Crippen molar-refractivity contribution in [2.24, 2.45) is 0 Å². The summed E-state index contributed by atoms with van der Waals surface area (Å²) in [6.07, 6.45) is 9.19. The molecule has 0 amide bonds. The molecule has 2 N–H and O–H groups in total. The second-order valence-corrected chi connectivity index (χ2v) is 9.80. The third-order valence-electron chi connectivity index (χ3n) is 7.25. The highest BCUT2D eigenvalue weighted by Crippen LogP contribution is 2.36. The van der Waals surface area contributed by atoms with Crippen molar-refractivity contribution in [1.82, 2.24) is 35.0 Å². The van der Waals surface area contributed by atoms with E-state index in [9.17, 15) is 4.39 Å². The summed E-state index contributed by atoms with van der Waals surface area (Å²) in [7, 11) is 0. The minimum atomic E-state index is -0.321. The Morgan fingerprint density at radius 2 is 1.82 bits per heavy atom. The number of pyridine rings is 1. The highest BCUT2D eigenvalue weighted by molar-refractivity contribution is 6.01. The van der Waals surface area contributed by atoms with Crippen LogP contribution in [0.4, 0.5) is 4.39 Å². The van der Waals surface area contributed by atoms with Crippen molar-refractivity contribution in [2.75, 3.05) is 26.2 Å². The third kappa shape index (κ3) is 4.61. The molecule has 0 atom stereocenters. The zero-order valence-electron chi connectivity index (χ0n) is 21.2. The number of benzene rings is 2. The van der Waals surface area contributed by atoms with Crippen LogP contribution in [0.15, 0.2) is 73.3 Å². The van der Waals surface area contributed by atoms with Crippen molar-refractivity contribution in [3.8, 4) is 39.7 Å². The quantitative estimate of drug-likeness (QED) is 0.275. The predicted molar refractivity (Wildman–Crippen MR) is 149 cm³/mol. The molecule has 1 saturated heterocycles. The molecule has 6 aromatic rings. The van der Waals surface area contributed by atoms with Gasteiger partial charge in [0.2, 0.25) is 0 Å². The number of nitrogens with zero attached hydrogens (tertiary/aromatic N) is 5. The van der Waals surface area contributed by atoms with Crippen molar-refractivity contribution in [3.05, 3.63) is 79.1 Å². The smallest absolute Gasteiger partial charge is 0.127 e. The molecule has 0 unspecified atom stereocenters. The maximum atomic E-state index is 14.7. The molecule has 1 aliphatic rings. The van der Waals surface area contributed by atoms with Crippen LogP contribution >= 0.6 is 0 Å². The average Bonchev–Trinajstić information content (AvgIpc) is 3.72. The summed E-state index contributed by atoms with van der Waals surface area (Å²) in [4.78, 5) is 18.9. The molecular weight excluding hydrogens is 493 g/mol. The van der Waals surface area contributed by atoms with Gasteiger partial charge in [-0.3, -0.25) is 25.0 Å². The molecule has 9 heteroatoms. The average molecular weight is 520 g/mol. The third-order valence-corrected chi connectivity index (χ3v) is 7.25. The monoisotopic (exact) mass is 519 g/mol. The number of ether oxygens (including phenoxy) is 1. The van der Waals surface area contributed by atoms with E-state index in [-0.39, 0.29) is 5.82 Å². The Bertz CT molecular complexity index is 1770. The van der Waals surface area contributed by atoms with Crippen LogP contribution in [-0.4, -0.2) is 61.3 Å². The Morgan fingerprint density at radius 1 is 0.897 bits per heavy atom. The van der Waals surface area contributed by atoms with E-state index in [1.165, 1.54) is 18.9 Å². The van der Waals surface area contributed by atoms with Crippen LogP contribution in [0, 0.1) is 5.82 Å². The topological polar surface area (TPSA) is 95.6 Å². The minimum absolute atomic E-state index is 0.321. The first-order valence-corrected chi connectivity index (χ1v) is 13.1. The Hall–Kier alpha value is -4.63. The number of likely N-dealkylation sites (tertiary alicyclic amines) is 1. The Morgan fingerprint density at radius 3 is 2.69 bits per heavy atom. The van der Waals surface area contributed by atoms with Crippen molar-refractivity contribution < 1.29 is 9.13 Å². The van der Waals surface area contributed by atoms with E-state index in [0.29, 0.717) is 23.7 Å². The maximum absolute atomic E-state index is 14.7. The zero-order valence-corrected chi connectivity index (χ0v) is 21.2. The molecule has 1 fully saturated rings. The van der Waals surface area contributed by atoms with Gasteiger partial charge in [0.1, 0.15) is 29.6 Å². The zero-order chi connectivity index (χ0) is 26.2. The molecule has 0 radical (unpaired) electrons. The summed E-state index contributed by atoms with van der Waals surface area (Å²) in [6, 6.07) is 14.9. The molecule has 39 heavy (non-hydrogen) atoms. The molecule has 8 nitrogen and oxygen atoms in total. The Balaban J connectivity index is 1.23. The van der Waals surface area contributed by atoms with Gasteiger partial charge in [-0.15, -0.1) is 0 Å². The Labute approximate surface area is 223 Å². The van der Waals surface area contributed by atoms with E-state index < -0.39 is 0 Å². The van der Waals surface area contributed by atoms with Crippen molar-refractivity contribution in [1.29, 1.82) is 0 Å². The van der Waals surface area contributed by atoms with Crippen molar-refractivity contribution in [2.45, 2.75) is 12.8 Å². The van der Waals surface area contributed by atoms with Gasteiger partial charge in [-0.25, -0.2) is 4.39 Å². The van der Waals surface area contributed by atoms with E-state index in [4.69, 9.17) is 4.74 Å². The molecule has 5 heterocycles. The van der Waals surface area contributed by atoms with Crippen LogP contribution in [0.1, 0.15) is 12.8 Å². The predicted octanol–water partition coefficient (Wildman–Crippen LogP) is 5.84. The van der Waals surface area contributed by atoms with Gasteiger partial charge < -0.3 is 9.72 Å². The summed E-state index contributed by atoms with van der Waals surface area (Å²) >= 11 is 0. The summed E-state index contributed by atoms with van der Waals surface area (Å²) in [5.74, 6) is 0.220. The number of rotatable bonds is 7.